The van der Waals surface area contributed by atoms with Gasteiger partial charge >= 0.3 is 0 Å². The molecule has 0 amide bonds. The number of hydrogen-bond donors (Lipinski definition) is 0. The van der Waals surface area contributed by atoms with Gasteiger partial charge in [0.2, 0.25) is 0 Å². The van der Waals surface area contributed by atoms with Gasteiger partial charge in [-0.1, -0.05) is 0 Å². The third kappa shape index (κ3) is 3.94. The molecule has 0 bridgehead atoms. The molecule has 26 heavy (non-hydrogen) atoms. The van der Waals surface area contributed by atoms with E-state index in [2.05, 4.69) is 25.5 Å². The zero-order chi connectivity index (χ0) is 17.9. The predicted octanol–water partition coefficient (Wildman–Crippen LogP) is 2.44. The summed E-state index contributed by atoms with van der Waals surface area (Å²) in [4.78, 5) is 20.7. The Morgan fingerprint density at radius 3 is 2.77 bits per heavy atom. The number of thioether (sulfide) groups is 1. The normalized spacial score (nSPS) is 18.4. The van der Waals surface area contributed by atoms with Gasteiger partial charge in [0.1, 0.15) is 5.82 Å². The Kier molecular flexibility index (Phi) is 5.26. The monoisotopic (exact) mass is 371 g/mol. The number of ketones is 1. The fraction of sp³-hybridized carbons (Fsp3) is 0.526. The minimum absolute atomic E-state index is 0.0544. The summed E-state index contributed by atoms with van der Waals surface area (Å²) in [6.45, 7) is 7.56. The van der Waals surface area contributed by atoms with E-state index in [1.54, 1.807) is 13.1 Å². The van der Waals surface area contributed by atoms with Crippen molar-refractivity contribution in [2.75, 3.05) is 36.0 Å². The second-order valence-corrected chi connectivity index (χ2v) is 8.20. The topological polar surface area (TPSA) is 54.3 Å². The number of nitrogens with zero attached hydrogens (tertiary/aromatic N) is 5. The highest BCUT2D eigenvalue weighted by molar-refractivity contribution is 7.99. The van der Waals surface area contributed by atoms with Crippen LogP contribution in [-0.2, 0) is 19.6 Å². The van der Waals surface area contributed by atoms with Crippen molar-refractivity contribution in [3.63, 3.8) is 0 Å². The number of aryl methyl sites for hydroxylation is 1. The molecule has 138 valence electrons. The Balaban J connectivity index is 1.48. The standard InChI is InChI=1S/C19H25N5OS/c1-15(25)16-3-4-19(20-12-16)23-5-2-6-24-18(14-23)11-17(21-24)13-22-7-9-26-10-8-22/h3-4,11-12H,2,5-10,13-14H2,1H3. The largest absolute Gasteiger partial charge is 0.351 e. The van der Waals surface area contributed by atoms with Gasteiger partial charge in [-0.3, -0.25) is 14.4 Å². The van der Waals surface area contributed by atoms with Crippen LogP contribution in [-0.4, -0.2) is 56.6 Å². The summed E-state index contributed by atoms with van der Waals surface area (Å²) >= 11 is 2.04. The van der Waals surface area contributed by atoms with Gasteiger partial charge in [-0.2, -0.15) is 16.9 Å². The second kappa shape index (κ2) is 7.80. The van der Waals surface area contributed by atoms with Crippen molar-refractivity contribution in [3.8, 4) is 0 Å². The van der Waals surface area contributed by atoms with Crippen LogP contribution < -0.4 is 4.90 Å². The molecule has 2 aliphatic heterocycles. The minimum atomic E-state index is 0.0544. The fourth-order valence-corrected chi connectivity index (χ4v) is 4.54. The Bertz CT molecular complexity index is 767. The van der Waals surface area contributed by atoms with Crippen LogP contribution in [0.2, 0.25) is 0 Å². The molecule has 7 heteroatoms. The third-order valence-electron chi connectivity index (χ3n) is 5.03. The molecule has 0 saturated carbocycles. The molecule has 2 aliphatic rings. The van der Waals surface area contributed by atoms with E-state index >= 15 is 0 Å². The summed E-state index contributed by atoms with van der Waals surface area (Å²) in [6.07, 6.45) is 2.73. The maximum Gasteiger partial charge on any atom is 0.161 e. The molecule has 1 saturated heterocycles. The highest BCUT2D eigenvalue weighted by Gasteiger charge is 2.19. The van der Waals surface area contributed by atoms with Crippen LogP contribution in [0.1, 0.15) is 35.1 Å². The van der Waals surface area contributed by atoms with E-state index in [0.717, 1.165) is 51.5 Å². The van der Waals surface area contributed by atoms with Crippen molar-refractivity contribution in [1.29, 1.82) is 0 Å². The lowest BCUT2D eigenvalue weighted by atomic mass is 10.2. The van der Waals surface area contributed by atoms with E-state index < -0.39 is 0 Å². The fourth-order valence-electron chi connectivity index (χ4n) is 3.56. The maximum absolute atomic E-state index is 11.4. The molecular weight excluding hydrogens is 346 g/mol. The quantitative estimate of drug-likeness (QED) is 0.770. The van der Waals surface area contributed by atoms with Crippen molar-refractivity contribution >= 4 is 23.4 Å². The average molecular weight is 372 g/mol. The van der Waals surface area contributed by atoms with Crippen molar-refractivity contribution in [3.05, 3.63) is 41.3 Å². The van der Waals surface area contributed by atoms with E-state index in [9.17, 15) is 4.79 Å². The van der Waals surface area contributed by atoms with Crippen LogP contribution in [0.5, 0.6) is 0 Å². The predicted molar refractivity (Wildman–Crippen MR) is 105 cm³/mol. The Hall–Kier alpha value is -1.86. The van der Waals surface area contributed by atoms with Gasteiger partial charge in [-0.15, -0.1) is 0 Å². The number of rotatable bonds is 4. The Morgan fingerprint density at radius 2 is 2.04 bits per heavy atom. The zero-order valence-electron chi connectivity index (χ0n) is 15.2. The summed E-state index contributed by atoms with van der Waals surface area (Å²) in [7, 11) is 0. The molecule has 0 aliphatic carbocycles. The van der Waals surface area contributed by atoms with Crippen LogP contribution in [0.15, 0.2) is 24.4 Å². The number of Topliss-reactive ketones (excluding diaryl/α,β-unsaturated/α-hetero) is 1. The van der Waals surface area contributed by atoms with E-state index in [-0.39, 0.29) is 5.78 Å². The first-order valence-corrected chi connectivity index (χ1v) is 10.4. The van der Waals surface area contributed by atoms with Gasteiger partial charge in [-0.05, 0) is 31.5 Å². The van der Waals surface area contributed by atoms with Crippen molar-refractivity contribution in [2.45, 2.75) is 33.0 Å². The smallest absolute Gasteiger partial charge is 0.161 e. The van der Waals surface area contributed by atoms with Crippen LogP contribution in [0.25, 0.3) is 0 Å². The summed E-state index contributed by atoms with van der Waals surface area (Å²) in [6, 6.07) is 6.08. The molecule has 0 spiro atoms. The van der Waals surface area contributed by atoms with Crippen molar-refractivity contribution < 1.29 is 4.79 Å². The number of anilines is 1. The SMILES string of the molecule is CC(=O)c1ccc(N2CCCn3nc(CN4CCSCC4)cc3C2)nc1. The van der Waals surface area contributed by atoms with Gasteiger partial charge in [0, 0.05) is 56.0 Å². The number of carbonyl (C=O) groups excluding carboxylic acids is 1. The summed E-state index contributed by atoms with van der Waals surface area (Å²) in [5.41, 5.74) is 3.09. The average Bonchev–Trinajstić information content (AvgIpc) is 2.92. The van der Waals surface area contributed by atoms with E-state index in [1.807, 2.05) is 23.9 Å². The number of aromatic nitrogens is 3. The molecule has 0 atom stereocenters. The number of hydrogen-bond acceptors (Lipinski definition) is 6. The molecule has 0 N–H and O–H groups in total. The first kappa shape index (κ1) is 17.5. The van der Waals surface area contributed by atoms with Crippen molar-refractivity contribution in [2.24, 2.45) is 0 Å². The highest BCUT2D eigenvalue weighted by Crippen LogP contribution is 2.21. The number of pyridine rings is 1. The molecule has 4 rings (SSSR count). The Labute approximate surface area is 158 Å². The molecule has 2 aromatic heterocycles. The van der Waals surface area contributed by atoms with Crippen LogP contribution in [0.3, 0.4) is 0 Å². The van der Waals surface area contributed by atoms with Crippen molar-refractivity contribution in [1.82, 2.24) is 19.7 Å². The van der Waals surface area contributed by atoms with Gasteiger partial charge in [-0.25, -0.2) is 4.98 Å². The maximum atomic E-state index is 11.4. The molecule has 0 radical (unpaired) electrons. The van der Waals surface area contributed by atoms with Gasteiger partial charge in [0.05, 0.1) is 17.9 Å². The molecule has 1 fully saturated rings. The summed E-state index contributed by atoms with van der Waals surface area (Å²) < 4.78 is 2.16. The minimum Gasteiger partial charge on any atom is -0.351 e. The van der Waals surface area contributed by atoms with E-state index in [4.69, 9.17) is 5.10 Å². The first-order valence-electron chi connectivity index (χ1n) is 9.27. The van der Waals surface area contributed by atoms with Gasteiger partial charge in [0.25, 0.3) is 0 Å². The third-order valence-corrected chi connectivity index (χ3v) is 5.97. The lowest BCUT2D eigenvalue weighted by molar-refractivity contribution is 0.101. The molecule has 4 heterocycles. The zero-order valence-corrected chi connectivity index (χ0v) is 16.0. The van der Waals surface area contributed by atoms with Crippen LogP contribution in [0.4, 0.5) is 5.82 Å². The number of fused-ring (bicyclic) bond motifs is 1. The van der Waals surface area contributed by atoms with Gasteiger partial charge < -0.3 is 4.90 Å². The highest BCUT2D eigenvalue weighted by atomic mass is 32.2. The lowest BCUT2D eigenvalue weighted by Gasteiger charge is -2.25. The Morgan fingerprint density at radius 1 is 1.19 bits per heavy atom. The molecular formula is C19H25N5OS. The summed E-state index contributed by atoms with van der Waals surface area (Å²) in [5.74, 6) is 3.44. The molecule has 6 nitrogen and oxygen atoms in total. The van der Waals surface area contributed by atoms with Gasteiger partial charge in [0.15, 0.2) is 5.78 Å². The number of carbonyl (C=O) groups is 1. The molecule has 0 aromatic carbocycles. The molecule has 2 aromatic rings. The van der Waals surface area contributed by atoms with Crippen LogP contribution in [0, 0.1) is 0 Å². The van der Waals surface area contributed by atoms with Crippen LogP contribution >= 0.6 is 11.8 Å². The second-order valence-electron chi connectivity index (χ2n) is 6.98. The lowest BCUT2D eigenvalue weighted by Crippen LogP contribution is -2.32. The first-order chi connectivity index (χ1) is 12.7. The molecule has 0 unspecified atom stereocenters. The summed E-state index contributed by atoms with van der Waals surface area (Å²) in [5, 5.41) is 4.85. The van der Waals surface area contributed by atoms with E-state index in [1.165, 1.54) is 22.9 Å². The van der Waals surface area contributed by atoms with E-state index in [0.29, 0.717) is 5.56 Å².